The first-order chi connectivity index (χ1) is 9.20. The SMILES string of the molecule is O=C(N[C@@H](CO)Cc1ccccc1)c1ccoc1Br. The number of benzene rings is 1. The molecule has 0 radical (unpaired) electrons. The highest BCUT2D eigenvalue weighted by molar-refractivity contribution is 9.10. The van der Waals surface area contributed by atoms with Gasteiger partial charge in [0.2, 0.25) is 0 Å². The number of hydrogen-bond acceptors (Lipinski definition) is 3. The van der Waals surface area contributed by atoms with Crippen LogP contribution < -0.4 is 5.32 Å². The fraction of sp³-hybridized carbons (Fsp3) is 0.214. The fourth-order valence-corrected chi connectivity index (χ4v) is 2.20. The van der Waals surface area contributed by atoms with Crippen molar-refractivity contribution >= 4 is 21.8 Å². The van der Waals surface area contributed by atoms with E-state index in [4.69, 9.17) is 4.42 Å². The van der Waals surface area contributed by atoms with Gasteiger partial charge in [0, 0.05) is 0 Å². The van der Waals surface area contributed by atoms with Crippen molar-refractivity contribution in [1.29, 1.82) is 0 Å². The van der Waals surface area contributed by atoms with Crippen molar-refractivity contribution in [2.24, 2.45) is 0 Å². The van der Waals surface area contributed by atoms with Gasteiger partial charge < -0.3 is 14.8 Å². The van der Waals surface area contributed by atoms with Gasteiger partial charge in [-0.05, 0) is 34.0 Å². The maximum absolute atomic E-state index is 12.0. The molecule has 0 saturated heterocycles. The zero-order chi connectivity index (χ0) is 13.7. The Morgan fingerprint density at radius 2 is 2.05 bits per heavy atom. The number of carbonyl (C=O) groups excluding carboxylic acids is 1. The summed E-state index contributed by atoms with van der Waals surface area (Å²) in [5, 5.41) is 12.1. The molecular weight excluding hydrogens is 310 g/mol. The first kappa shape index (κ1) is 13.8. The molecule has 2 rings (SSSR count). The molecule has 0 aliphatic heterocycles. The summed E-state index contributed by atoms with van der Waals surface area (Å²) in [6.45, 7) is -0.115. The lowest BCUT2D eigenvalue weighted by molar-refractivity contribution is 0.0914. The zero-order valence-corrected chi connectivity index (χ0v) is 11.8. The molecule has 1 heterocycles. The van der Waals surface area contributed by atoms with Crippen molar-refractivity contribution < 1.29 is 14.3 Å². The number of furan rings is 1. The summed E-state index contributed by atoms with van der Waals surface area (Å²) >= 11 is 3.16. The maximum atomic E-state index is 12.0. The summed E-state index contributed by atoms with van der Waals surface area (Å²) in [5.41, 5.74) is 1.49. The molecule has 0 saturated carbocycles. The topological polar surface area (TPSA) is 62.5 Å². The number of aliphatic hydroxyl groups excluding tert-OH is 1. The van der Waals surface area contributed by atoms with Gasteiger partial charge >= 0.3 is 0 Å². The summed E-state index contributed by atoms with van der Waals surface area (Å²) < 4.78 is 5.40. The molecular formula is C14H14BrNO3. The summed E-state index contributed by atoms with van der Waals surface area (Å²) in [6, 6.07) is 11.0. The number of halogens is 1. The first-order valence-electron chi connectivity index (χ1n) is 5.89. The number of nitrogens with one attached hydrogen (secondary N) is 1. The minimum atomic E-state index is -0.323. The molecule has 0 bridgehead atoms. The van der Waals surface area contributed by atoms with Crippen LogP contribution in [0.15, 0.2) is 51.7 Å². The smallest absolute Gasteiger partial charge is 0.256 e. The third-order valence-electron chi connectivity index (χ3n) is 2.74. The Morgan fingerprint density at radius 3 is 2.63 bits per heavy atom. The van der Waals surface area contributed by atoms with E-state index in [-0.39, 0.29) is 18.6 Å². The van der Waals surface area contributed by atoms with E-state index >= 15 is 0 Å². The number of aliphatic hydroxyl groups is 1. The third-order valence-corrected chi connectivity index (χ3v) is 3.36. The van der Waals surface area contributed by atoms with Crippen LogP contribution in [0.5, 0.6) is 0 Å². The second-order valence-electron chi connectivity index (χ2n) is 4.15. The largest absolute Gasteiger partial charge is 0.457 e. The van der Waals surface area contributed by atoms with Gasteiger partial charge in [0.15, 0.2) is 4.67 Å². The molecule has 1 amide bonds. The van der Waals surface area contributed by atoms with Crippen LogP contribution in [0.2, 0.25) is 0 Å². The molecule has 0 aliphatic rings. The lowest BCUT2D eigenvalue weighted by atomic mass is 10.1. The molecule has 0 unspecified atom stereocenters. The minimum absolute atomic E-state index is 0.115. The fourth-order valence-electron chi connectivity index (χ4n) is 1.78. The van der Waals surface area contributed by atoms with Crippen LogP contribution in [-0.2, 0) is 6.42 Å². The van der Waals surface area contributed by atoms with Crippen molar-refractivity contribution in [1.82, 2.24) is 5.32 Å². The summed E-state index contributed by atoms with van der Waals surface area (Å²) in [5.74, 6) is -0.268. The van der Waals surface area contributed by atoms with E-state index in [0.717, 1.165) is 5.56 Å². The molecule has 2 aromatic rings. The molecule has 4 nitrogen and oxygen atoms in total. The maximum Gasteiger partial charge on any atom is 0.256 e. The first-order valence-corrected chi connectivity index (χ1v) is 6.68. The predicted molar refractivity (Wildman–Crippen MR) is 74.9 cm³/mol. The number of amides is 1. The predicted octanol–water partition coefficient (Wildman–Crippen LogP) is 2.38. The Morgan fingerprint density at radius 1 is 1.32 bits per heavy atom. The minimum Gasteiger partial charge on any atom is -0.457 e. The van der Waals surface area contributed by atoms with Gasteiger partial charge in [-0.2, -0.15) is 0 Å². The molecule has 19 heavy (non-hydrogen) atoms. The van der Waals surface area contributed by atoms with Gasteiger partial charge in [-0.25, -0.2) is 0 Å². The van der Waals surface area contributed by atoms with E-state index in [1.807, 2.05) is 30.3 Å². The van der Waals surface area contributed by atoms with Crippen LogP contribution in [0.25, 0.3) is 0 Å². The molecule has 100 valence electrons. The Labute approximate surface area is 119 Å². The van der Waals surface area contributed by atoms with Gasteiger partial charge in [-0.3, -0.25) is 4.79 Å². The zero-order valence-electron chi connectivity index (χ0n) is 10.2. The normalized spacial score (nSPS) is 12.1. The van der Waals surface area contributed by atoms with Crippen LogP contribution in [0.3, 0.4) is 0 Å². The standard InChI is InChI=1S/C14H14BrNO3/c15-13-12(6-7-19-13)14(18)16-11(9-17)8-10-4-2-1-3-5-10/h1-7,11,17H,8-9H2,(H,16,18)/t11-/m1/s1. The number of rotatable bonds is 5. The lowest BCUT2D eigenvalue weighted by Gasteiger charge is -2.16. The summed E-state index contributed by atoms with van der Waals surface area (Å²) in [6.07, 6.45) is 2.02. The van der Waals surface area contributed by atoms with Gasteiger partial charge in [-0.1, -0.05) is 30.3 Å². The quantitative estimate of drug-likeness (QED) is 0.888. The monoisotopic (exact) mass is 323 g/mol. The van der Waals surface area contributed by atoms with Crippen LogP contribution in [-0.4, -0.2) is 23.7 Å². The van der Waals surface area contributed by atoms with E-state index in [9.17, 15) is 9.90 Å². The molecule has 0 aliphatic carbocycles. The van der Waals surface area contributed by atoms with Crippen LogP contribution >= 0.6 is 15.9 Å². The van der Waals surface area contributed by atoms with Crippen molar-refractivity contribution in [2.75, 3.05) is 6.61 Å². The van der Waals surface area contributed by atoms with Crippen molar-refractivity contribution in [3.8, 4) is 0 Å². The highest BCUT2D eigenvalue weighted by atomic mass is 79.9. The highest BCUT2D eigenvalue weighted by Gasteiger charge is 2.17. The summed E-state index contributed by atoms with van der Waals surface area (Å²) in [7, 11) is 0. The Bertz CT molecular complexity index is 539. The van der Waals surface area contributed by atoms with E-state index in [0.29, 0.717) is 16.7 Å². The van der Waals surface area contributed by atoms with Crippen LogP contribution in [0.1, 0.15) is 15.9 Å². The molecule has 2 N–H and O–H groups in total. The van der Waals surface area contributed by atoms with Gasteiger partial charge in [0.1, 0.15) is 0 Å². The third kappa shape index (κ3) is 3.68. The Kier molecular flexibility index (Phi) is 4.76. The highest BCUT2D eigenvalue weighted by Crippen LogP contribution is 2.17. The van der Waals surface area contributed by atoms with Crippen molar-refractivity contribution in [2.45, 2.75) is 12.5 Å². The van der Waals surface area contributed by atoms with Crippen LogP contribution in [0, 0.1) is 0 Å². The summed E-state index contributed by atoms with van der Waals surface area (Å²) in [4.78, 5) is 12.0. The molecule has 5 heteroatoms. The van der Waals surface area contributed by atoms with Gasteiger partial charge in [-0.15, -0.1) is 0 Å². The van der Waals surface area contributed by atoms with Crippen LogP contribution in [0.4, 0.5) is 0 Å². The molecule has 1 atom stereocenters. The van der Waals surface area contributed by atoms with E-state index in [1.165, 1.54) is 6.26 Å². The molecule has 0 fully saturated rings. The van der Waals surface area contributed by atoms with Gasteiger partial charge in [0.05, 0.1) is 24.5 Å². The second kappa shape index (κ2) is 6.54. The molecule has 1 aromatic heterocycles. The van der Waals surface area contributed by atoms with Crippen molar-refractivity contribution in [3.05, 3.63) is 58.5 Å². The number of carbonyl (C=O) groups is 1. The van der Waals surface area contributed by atoms with E-state index in [1.54, 1.807) is 6.07 Å². The number of hydrogen-bond donors (Lipinski definition) is 2. The second-order valence-corrected chi connectivity index (χ2v) is 4.87. The van der Waals surface area contributed by atoms with E-state index < -0.39 is 0 Å². The van der Waals surface area contributed by atoms with Gasteiger partial charge in [0.25, 0.3) is 5.91 Å². The molecule has 1 aromatic carbocycles. The van der Waals surface area contributed by atoms with Crippen molar-refractivity contribution in [3.63, 3.8) is 0 Å². The molecule has 0 spiro atoms. The average Bonchev–Trinajstić information content (AvgIpc) is 2.85. The Hall–Kier alpha value is -1.59. The van der Waals surface area contributed by atoms with E-state index in [2.05, 4.69) is 21.2 Å². The Balaban J connectivity index is 2.00. The lowest BCUT2D eigenvalue weighted by Crippen LogP contribution is -2.39. The average molecular weight is 324 g/mol.